The number of amides is 3. The van der Waals surface area contributed by atoms with Gasteiger partial charge in [-0.2, -0.15) is 0 Å². The van der Waals surface area contributed by atoms with Crippen molar-refractivity contribution in [1.82, 2.24) is 15.1 Å². The van der Waals surface area contributed by atoms with Gasteiger partial charge in [-0.25, -0.2) is 0 Å². The molecule has 4 aliphatic rings. The lowest BCUT2D eigenvalue weighted by atomic mass is 9.74. The number of hydrogen-bond acceptors (Lipinski definition) is 5. The molecule has 0 radical (unpaired) electrons. The van der Waals surface area contributed by atoms with Crippen LogP contribution in [-0.2, 0) is 19.1 Å². The Morgan fingerprint density at radius 2 is 1.95 bits per heavy atom. The summed E-state index contributed by atoms with van der Waals surface area (Å²) in [4.78, 5) is 45.5. The van der Waals surface area contributed by atoms with Gasteiger partial charge in [0.05, 0.1) is 17.9 Å². The molecule has 1 aromatic rings. The molecule has 1 spiro atoms. The molecule has 3 unspecified atom stereocenters. The number of nitrogens with zero attached hydrogens (tertiary/aromatic N) is 2. The highest BCUT2D eigenvalue weighted by Crippen LogP contribution is 2.55. The van der Waals surface area contributed by atoms with Crippen LogP contribution in [0.3, 0.4) is 0 Å². The smallest absolute Gasteiger partial charge is 0.246 e. The Morgan fingerprint density at radius 3 is 2.67 bits per heavy atom. The topological polar surface area (TPSA) is 91.0 Å². The number of likely N-dealkylation sites (N-methyl/N-ethyl adjacent to an activating group) is 1. The first-order valence-corrected chi connectivity index (χ1v) is 14.9. The number of anilines is 1. The summed E-state index contributed by atoms with van der Waals surface area (Å²) in [7, 11) is 2.04. The molecule has 1 saturated carbocycles. The normalized spacial score (nSPS) is 29.8. The Balaban J connectivity index is 1.40. The number of carbonyl (C=O) groups is 3. The van der Waals surface area contributed by atoms with E-state index in [2.05, 4.69) is 22.5 Å². The van der Waals surface area contributed by atoms with Crippen molar-refractivity contribution in [2.75, 3.05) is 32.0 Å². The van der Waals surface area contributed by atoms with Gasteiger partial charge in [0.25, 0.3) is 0 Å². The second-order valence-electron chi connectivity index (χ2n) is 11.7. The van der Waals surface area contributed by atoms with E-state index in [9.17, 15) is 14.4 Å². The molecule has 8 nitrogen and oxygen atoms in total. The fourth-order valence-electron chi connectivity index (χ4n) is 6.75. The molecule has 2 bridgehead atoms. The third-order valence-electron chi connectivity index (χ3n) is 8.93. The molecule has 39 heavy (non-hydrogen) atoms. The third-order valence-corrected chi connectivity index (χ3v) is 9.34. The van der Waals surface area contributed by atoms with Crippen molar-refractivity contribution >= 4 is 35.0 Å². The highest BCUT2D eigenvalue weighted by atomic mass is 35.5. The van der Waals surface area contributed by atoms with Crippen molar-refractivity contribution in [2.24, 2.45) is 11.8 Å². The second-order valence-corrected chi connectivity index (χ2v) is 12.1. The van der Waals surface area contributed by atoms with Gasteiger partial charge in [0.1, 0.15) is 11.6 Å². The summed E-state index contributed by atoms with van der Waals surface area (Å²) in [6.07, 6.45) is 10.6. The van der Waals surface area contributed by atoms with Gasteiger partial charge in [0.15, 0.2) is 0 Å². The van der Waals surface area contributed by atoms with Crippen LogP contribution in [-0.4, -0.2) is 78.0 Å². The van der Waals surface area contributed by atoms with E-state index in [-0.39, 0.29) is 23.8 Å². The van der Waals surface area contributed by atoms with Crippen molar-refractivity contribution < 1.29 is 19.1 Å². The van der Waals surface area contributed by atoms with E-state index in [4.69, 9.17) is 16.3 Å². The van der Waals surface area contributed by atoms with Gasteiger partial charge in [-0.3, -0.25) is 14.4 Å². The maximum absolute atomic E-state index is 14.1. The number of benzene rings is 1. The number of nitrogens with one attached hydrogen (secondary N) is 2. The van der Waals surface area contributed by atoms with E-state index < -0.39 is 29.6 Å². The van der Waals surface area contributed by atoms with Crippen LogP contribution >= 0.6 is 11.6 Å². The summed E-state index contributed by atoms with van der Waals surface area (Å²) in [5, 5.41) is 6.75. The second kappa shape index (κ2) is 11.6. The van der Waals surface area contributed by atoms with E-state index in [1.165, 1.54) is 6.42 Å². The number of likely N-dealkylation sites (tertiary alicyclic amines) is 1. The van der Waals surface area contributed by atoms with E-state index in [1.54, 1.807) is 17.0 Å². The molecule has 9 heteroatoms. The van der Waals surface area contributed by atoms with Crippen LogP contribution in [0.1, 0.15) is 57.4 Å². The molecular weight excluding hydrogens is 516 g/mol. The van der Waals surface area contributed by atoms with E-state index in [1.807, 2.05) is 32.2 Å². The highest BCUT2D eigenvalue weighted by Gasteiger charge is 2.72. The number of ether oxygens (including phenoxy) is 1. The zero-order valence-corrected chi connectivity index (χ0v) is 24.0. The van der Waals surface area contributed by atoms with Gasteiger partial charge >= 0.3 is 0 Å². The molecule has 3 fully saturated rings. The molecule has 0 aromatic heterocycles. The first-order valence-electron chi connectivity index (χ1n) is 14.5. The Morgan fingerprint density at radius 1 is 1.18 bits per heavy atom. The molecule has 1 aromatic carbocycles. The van der Waals surface area contributed by atoms with E-state index in [0.29, 0.717) is 23.8 Å². The number of hydrogen-bond donors (Lipinski definition) is 2. The molecule has 1 aliphatic carbocycles. The quantitative estimate of drug-likeness (QED) is 0.426. The fourth-order valence-corrected chi connectivity index (χ4v) is 6.93. The third kappa shape index (κ3) is 5.35. The standard InChI is InChI=1S/C30H41ClN4O4/c1-4-5-15-34(3)16-17-35-26(28(37)32-20-9-7-6-8-10-20)30-14-13-23(39-30)24(25(30)29(35)38)27(36)33-21-12-11-19(2)22(31)18-21/h11-14,18,20,23-26H,4-10,15-17H2,1-3H3,(H,32,37)(H,33,36)/t23-,24?,25-,26?,30?/m0/s1. The minimum absolute atomic E-state index is 0.110. The molecule has 3 heterocycles. The number of halogens is 1. The maximum atomic E-state index is 14.1. The summed E-state index contributed by atoms with van der Waals surface area (Å²) in [6, 6.07) is 4.67. The Hall–Kier alpha value is -2.42. The zero-order chi connectivity index (χ0) is 27.7. The molecule has 2 N–H and O–H groups in total. The lowest BCUT2D eigenvalue weighted by Gasteiger charge is -2.34. The first kappa shape index (κ1) is 28.1. The monoisotopic (exact) mass is 556 g/mol. The molecule has 5 atom stereocenters. The molecule has 3 amide bonds. The Labute approximate surface area is 236 Å². The van der Waals surface area contributed by atoms with Gasteiger partial charge in [-0.1, -0.05) is 62.4 Å². The van der Waals surface area contributed by atoms with Crippen LogP contribution in [0.2, 0.25) is 5.02 Å². The summed E-state index contributed by atoms with van der Waals surface area (Å²) >= 11 is 6.28. The maximum Gasteiger partial charge on any atom is 0.246 e. The number of unbranched alkanes of at least 4 members (excludes halogenated alkanes) is 1. The van der Waals surface area contributed by atoms with Crippen molar-refractivity contribution in [2.45, 2.75) is 82.6 Å². The van der Waals surface area contributed by atoms with Gasteiger partial charge in [0, 0.05) is 29.8 Å². The molecule has 3 aliphatic heterocycles. The highest BCUT2D eigenvalue weighted by molar-refractivity contribution is 6.31. The van der Waals surface area contributed by atoms with Crippen molar-refractivity contribution in [3.8, 4) is 0 Å². The zero-order valence-electron chi connectivity index (χ0n) is 23.2. The minimum Gasteiger partial charge on any atom is -0.359 e. The predicted molar refractivity (Wildman–Crippen MR) is 151 cm³/mol. The van der Waals surface area contributed by atoms with Gasteiger partial charge < -0.3 is 25.2 Å². The van der Waals surface area contributed by atoms with Crippen molar-refractivity contribution in [1.29, 1.82) is 0 Å². The summed E-state index contributed by atoms with van der Waals surface area (Å²) in [5.74, 6) is -2.13. The molecule has 5 rings (SSSR count). The Bertz CT molecular complexity index is 1140. The van der Waals surface area contributed by atoms with Gasteiger partial charge in [0.2, 0.25) is 17.7 Å². The van der Waals surface area contributed by atoms with Crippen LogP contribution in [0.15, 0.2) is 30.4 Å². The first-order chi connectivity index (χ1) is 18.7. The predicted octanol–water partition coefficient (Wildman–Crippen LogP) is 3.92. The lowest BCUT2D eigenvalue weighted by molar-refractivity contribution is -0.141. The van der Waals surface area contributed by atoms with Gasteiger partial charge in [-0.05, 0) is 57.5 Å². The van der Waals surface area contributed by atoms with Crippen LogP contribution in [0.5, 0.6) is 0 Å². The molecular formula is C30H41ClN4O4. The number of rotatable bonds is 10. The summed E-state index contributed by atoms with van der Waals surface area (Å²) in [5.41, 5.74) is 0.343. The van der Waals surface area contributed by atoms with Crippen LogP contribution in [0.25, 0.3) is 0 Å². The van der Waals surface area contributed by atoms with Crippen LogP contribution < -0.4 is 10.6 Å². The van der Waals surface area contributed by atoms with E-state index >= 15 is 0 Å². The minimum atomic E-state index is -1.14. The SMILES string of the molecule is CCCCN(C)CCN1C(=O)[C@@H]2C(C(=O)Nc3ccc(C)c(Cl)c3)[C@@H]3C=CC2(O3)C1C(=O)NC1CCCCC1. The fraction of sp³-hybridized carbons (Fsp3) is 0.633. The van der Waals surface area contributed by atoms with Gasteiger partial charge in [-0.15, -0.1) is 0 Å². The number of aryl methyl sites for hydroxylation is 1. The molecule has 212 valence electrons. The lowest BCUT2D eigenvalue weighted by Crippen LogP contribution is -2.57. The number of fused-ring (bicyclic) bond motifs is 1. The van der Waals surface area contributed by atoms with Crippen molar-refractivity contribution in [3.63, 3.8) is 0 Å². The summed E-state index contributed by atoms with van der Waals surface area (Å²) in [6.45, 7) is 6.03. The Kier molecular flexibility index (Phi) is 8.36. The average molecular weight is 557 g/mol. The largest absolute Gasteiger partial charge is 0.359 e. The number of carbonyl (C=O) groups excluding carboxylic acids is 3. The molecule has 2 saturated heterocycles. The van der Waals surface area contributed by atoms with Crippen molar-refractivity contribution in [3.05, 3.63) is 40.9 Å². The van der Waals surface area contributed by atoms with E-state index in [0.717, 1.165) is 50.6 Å². The van der Waals surface area contributed by atoms with Crippen LogP contribution in [0, 0.1) is 18.8 Å². The van der Waals surface area contributed by atoms with Crippen LogP contribution in [0.4, 0.5) is 5.69 Å². The average Bonchev–Trinajstić information content (AvgIpc) is 3.56. The summed E-state index contributed by atoms with van der Waals surface area (Å²) < 4.78 is 6.46.